The van der Waals surface area contributed by atoms with Crippen molar-refractivity contribution in [2.75, 3.05) is 6.54 Å². The summed E-state index contributed by atoms with van der Waals surface area (Å²) in [5.74, 6) is 0. The van der Waals surface area contributed by atoms with E-state index in [-0.39, 0.29) is 6.04 Å². The Hall–Kier alpha value is -1.06. The van der Waals surface area contributed by atoms with E-state index >= 15 is 0 Å². The first-order valence-corrected chi connectivity index (χ1v) is 6.55. The number of hydrogen-bond acceptors (Lipinski definition) is 2. The highest BCUT2D eigenvalue weighted by Gasteiger charge is 2.18. The van der Waals surface area contributed by atoms with Gasteiger partial charge in [-0.3, -0.25) is 0 Å². The van der Waals surface area contributed by atoms with E-state index in [4.69, 9.17) is 4.42 Å². The summed E-state index contributed by atoms with van der Waals surface area (Å²) in [5.41, 5.74) is 3.71. The van der Waals surface area contributed by atoms with Crippen LogP contribution in [0.4, 0.5) is 0 Å². The lowest BCUT2D eigenvalue weighted by molar-refractivity contribution is 0.526. The number of furan rings is 1. The predicted molar refractivity (Wildman–Crippen MR) is 73.1 cm³/mol. The van der Waals surface area contributed by atoms with Crippen LogP contribution in [0.15, 0.2) is 45.7 Å². The van der Waals surface area contributed by atoms with Crippen LogP contribution in [0.1, 0.15) is 29.7 Å². The number of aryl methyl sites for hydroxylation is 1. The van der Waals surface area contributed by atoms with E-state index in [0.29, 0.717) is 0 Å². The second-order valence-corrected chi connectivity index (χ2v) is 4.72. The Morgan fingerprint density at radius 1 is 1.24 bits per heavy atom. The van der Waals surface area contributed by atoms with Crippen molar-refractivity contribution < 1.29 is 4.42 Å². The van der Waals surface area contributed by atoms with Gasteiger partial charge in [0.25, 0.3) is 0 Å². The minimum atomic E-state index is 0.175. The molecule has 2 nitrogen and oxygen atoms in total. The summed E-state index contributed by atoms with van der Waals surface area (Å²) in [4.78, 5) is 0. The fraction of sp³-hybridized carbons (Fsp3) is 0.286. The highest BCUT2D eigenvalue weighted by Crippen LogP contribution is 2.30. The van der Waals surface area contributed by atoms with Crippen molar-refractivity contribution in [2.24, 2.45) is 0 Å². The second-order valence-electron chi connectivity index (χ2n) is 4.00. The highest BCUT2D eigenvalue weighted by atomic mass is 79.9. The molecule has 0 radical (unpaired) electrons. The van der Waals surface area contributed by atoms with Gasteiger partial charge in [0.2, 0.25) is 0 Å². The fourth-order valence-corrected chi connectivity index (χ4v) is 2.48. The summed E-state index contributed by atoms with van der Waals surface area (Å²) < 4.78 is 6.13. The second kappa shape index (κ2) is 5.52. The summed E-state index contributed by atoms with van der Waals surface area (Å²) >= 11 is 3.45. The largest absolute Gasteiger partial charge is 0.457 e. The molecule has 2 aromatic rings. The Balaban J connectivity index is 2.43. The van der Waals surface area contributed by atoms with E-state index in [2.05, 4.69) is 59.4 Å². The van der Waals surface area contributed by atoms with Crippen LogP contribution in [0.3, 0.4) is 0 Å². The molecule has 0 aliphatic rings. The molecule has 0 spiro atoms. The topological polar surface area (TPSA) is 25.2 Å². The van der Waals surface area contributed by atoms with Crippen molar-refractivity contribution in [1.82, 2.24) is 5.32 Å². The molecule has 90 valence electrons. The molecule has 1 heterocycles. The number of halogens is 1. The molecule has 2 rings (SSSR count). The zero-order chi connectivity index (χ0) is 12.3. The van der Waals surface area contributed by atoms with Gasteiger partial charge in [0, 0.05) is 5.56 Å². The Labute approximate surface area is 110 Å². The van der Waals surface area contributed by atoms with E-state index in [1.165, 1.54) is 11.1 Å². The SMILES string of the molecule is CCNC(c1ccccc1C)c1ccoc1Br. The molecule has 0 saturated heterocycles. The van der Waals surface area contributed by atoms with Gasteiger partial charge in [-0.15, -0.1) is 0 Å². The minimum Gasteiger partial charge on any atom is -0.457 e. The molecule has 1 unspecified atom stereocenters. The van der Waals surface area contributed by atoms with Crippen molar-refractivity contribution in [2.45, 2.75) is 19.9 Å². The number of benzene rings is 1. The fourth-order valence-electron chi connectivity index (χ4n) is 2.01. The van der Waals surface area contributed by atoms with Crippen LogP contribution in [-0.2, 0) is 0 Å². The molecule has 1 atom stereocenters. The molecule has 17 heavy (non-hydrogen) atoms. The minimum absolute atomic E-state index is 0.175. The van der Waals surface area contributed by atoms with Crippen LogP contribution in [0.25, 0.3) is 0 Å². The molecule has 0 amide bonds. The van der Waals surface area contributed by atoms with E-state index in [1.54, 1.807) is 6.26 Å². The molecule has 3 heteroatoms. The van der Waals surface area contributed by atoms with E-state index in [9.17, 15) is 0 Å². The summed E-state index contributed by atoms with van der Waals surface area (Å²) in [6.07, 6.45) is 1.71. The number of hydrogen-bond donors (Lipinski definition) is 1. The smallest absolute Gasteiger partial charge is 0.174 e. The normalized spacial score (nSPS) is 12.6. The maximum atomic E-state index is 5.33. The zero-order valence-electron chi connectivity index (χ0n) is 10.0. The van der Waals surface area contributed by atoms with Crippen LogP contribution in [-0.4, -0.2) is 6.54 Å². The number of rotatable bonds is 4. The average molecular weight is 294 g/mol. The van der Waals surface area contributed by atoms with Gasteiger partial charge in [0.1, 0.15) is 0 Å². The molecule has 1 aromatic carbocycles. The van der Waals surface area contributed by atoms with Gasteiger partial charge < -0.3 is 9.73 Å². The lowest BCUT2D eigenvalue weighted by Crippen LogP contribution is -2.22. The van der Waals surface area contributed by atoms with Crippen molar-refractivity contribution >= 4 is 15.9 Å². The maximum Gasteiger partial charge on any atom is 0.174 e. The Morgan fingerprint density at radius 3 is 2.59 bits per heavy atom. The molecular formula is C14H16BrNO. The number of nitrogens with one attached hydrogen (secondary N) is 1. The molecule has 1 N–H and O–H groups in total. The average Bonchev–Trinajstić information content (AvgIpc) is 2.74. The predicted octanol–water partition coefficient (Wildman–Crippen LogP) is 4.05. The molecule has 1 aromatic heterocycles. The summed E-state index contributed by atoms with van der Waals surface area (Å²) in [6.45, 7) is 5.16. The summed E-state index contributed by atoms with van der Waals surface area (Å²) in [5, 5.41) is 3.49. The molecule has 0 saturated carbocycles. The molecule has 0 bridgehead atoms. The van der Waals surface area contributed by atoms with Gasteiger partial charge >= 0.3 is 0 Å². The quantitative estimate of drug-likeness (QED) is 0.920. The zero-order valence-corrected chi connectivity index (χ0v) is 11.6. The van der Waals surface area contributed by atoms with Gasteiger partial charge in [0.15, 0.2) is 4.67 Å². The van der Waals surface area contributed by atoms with E-state index < -0.39 is 0 Å². The third-order valence-electron chi connectivity index (χ3n) is 2.86. The standard InChI is InChI=1S/C14H16BrNO/c1-3-16-13(12-8-9-17-14(12)15)11-7-5-4-6-10(11)2/h4-9,13,16H,3H2,1-2H3. The van der Waals surface area contributed by atoms with E-state index in [1.807, 2.05) is 6.07 Å². The Kier molecular flexibility index (Phi) is 4.02. The first-order valence-electron chi connectivity index (χ1n) is 5.75. The van der Waals surface area contributed by atoms with Crippen molar-refractivity contribution in [3.8, 4) is 0 Å². The summed E-state index contributed by atoms with van der Waals surface area (Å²) in [7, 11) is 0. The van der Waals surface area contributed by atoms with Gasteiger partial charge in [-0.25, -0.2) is 0 Å². The van der Waals surface area contributed by atoms with Crippen LogP contribution in [0.2, 0.25) is 0 Å². The Morgan fingerprint density at radius 2 is 2.00 bits per heavy atom. The first kappa shape index (κ1) is 12.4. The van der Waals surface area contributed by atoms with Crippen molar-refractivity contribution in [1.29, 1.82) is 0 Å². The van der Waals surface area contributed by atoms with Crippen molar-refractivity contribution in [3.63, 3.8) is 0 Å². The molecule has 0 aliphatic heterocycles. The van der Waals surface area contributed by atoms with Gasteiger partial charge in [-0.2, -0.15) is 0 Å². The summed E-state index contributed by atoms with van der Waals surface area (Å²) in [6, 6.07) is 10.6. The van der Waals surface area contributed by atoms with Gasteiger partial charge in [0.05, 0.1) is 12.3 Å². The van der Waals surface area contributed by atoms with Crippen LogP contribution < -0.4 is 5.32 Å². The third-order valence-corrected chi connectivity index (χ3v) is 3.51. The lowest BCUT2D eigenvalue weighted by Gasteiger charge is -2.19. The van der Waals surface area contributed by atoms with Gasteiger partial charge in [-0.05, 0) is 46.6 Å². The molecule has 0 fully saturated rings. The monoisotopic (exact) mass is 293 g/mol. The van der Waals surface area contributed by atoms with E-state index in [0.717, 1.165) is 16.8 Å². The molecular weight excluding hydrogens is 278 g/mol. The van der Waals surface area contributed by atoms with Crippen molar-refractivity contribution in [3.05, 3.63) is 58.0 Å². The first-order chi connectivity index (χ1) is 8.24. The van der Waals surface area contributed by atoms with Crippen LogP contribution in [0.5, 0.6) is 0 Å². The molecule has 0 aliphatic carbocycles. The highest BCUT2D eigenvalue weighted by molar-refractivity contribution is 9.10. The third kappa shape index (κ3) is 2.61. The van der Waals surface area contributed by atoms with Crippen LogP contribution >= 0.6 is 15.9 Å². The maximum absolute atomic E-state index is 5.33. The lowest BCUT2D eigenvalue weighted by atomic mass is 9.97. The Bertz CT molecular complexity index is 492. The van der Waals surface area contributed by atoms with Gasteiger partial charge in [-0.1, -0.05) is 31.2 Å². The van der Waals surface area contributed by atoms with Crippen LogP contribution in [0, 0.1) is 6.92 Å².